The molecule has 0 amide bonds. The van der Waals surface area contributed by atoms with E-state index in [1.165, 1.54) is 30.3 Å². The standard InChI is InChI=1S/C14H15F3O/c15-14(16,17)13(18,11-7-3-1-4-8-11)12-9-5-2-6-10-12/h1,3-5,7-9,12,18H,2,6,10H2. The Balaban J connectivity index is 2.47. The lowest BCUT2D eigenvalue weighted by molar-refractivity contribution is -0.282. The summed E-state index contributed by atoms with van der Waals surface area (Å²) < 4.78 is 39.9. The lowest BCUT2D eigenvalue weighted by Crippen LogP contribution is -2.48. The van der Waals surface area contributed by atoms with E-state index in [1.54, 1.807) is 12.1 Å². The van der Waals surface area contributed by atoms with Gasteiger partial charge in [0.1, 0.15) is 0 Å². The quantitative estimate of drug-likeness (QED) is 0.798. The fourth-order valence-electron chi connectivity index (χ4n) is 2.44. The summed E-state index contributed by atoms with van der Waals surface area (Å²) in [5.74, 6) is -0.909. The molecule has 1 N–H and O–H groups in total. The van der Waals surface area contributed by atoms with E-state index in [0.717, 1.165) is 6.42 Å². The van der Waals surface area contributed by atoms with Crippen LogP contribution in [0.25, 0.3) is 0 Å². The summed E-state index contributed by atoms with van der Waals surface area (Å²) in [6.07, 6.45) is 0.325. The van der Waals surface area contributed by atoms with E-state index >= 15 is 0 Å². The molecular formula is C14H15F3O. The van der Waals surface area contributed by atoms with Crippen LogP contribution in [0.4, 0.5) is 13.2 Å². The monoisotopic (exact) mass is 256 g/mol. The molecule has 1 aliphatic carbocycles. The Labute approximate surface area is 104 Å². The maximum atomic E-state index is 13.3. The number of alkyl halides is 3. The van der Waals surface area contributed by atoms with E-state index in [0.29, 0.717) is 12.8 Å². The average molecular weight is 256 g/mol. The minimum Gasteiger partial charge on any atom is -0.376 e. The Morgan fingerprint density at radius 2 is 1.78 bits per heavy atom. The summed E-state index contributed by atoms with van der Waals surface area (Å²) in [5.41, 5.74) is -2.88. The second-order valence-corrected chi connectivity index (χ2v) is 4.60. The maximum Gasteiger partial charge on any atom is 0.422 e. The van der Waals surface area contributed by atoms with E-state index in [9.17, 15) is 18.3 Å². The zero-order valence-electron chi connectivity index (χ0n) is 9.82. The predicted octanol–water partition coefficient (Wildman–Crippen LogP) is 3.79. The van der Waals surface area contributed by atoms with Crippen LogP contribution in [0, 0.1) is 5.92 Å². The van der Waals surface area contributed by atoms with Gasteiger partial charge < -0.3 is 5.11 Å². The molecular weight excluding hydrogens is 241 g/mol. The largest absolute Gasteiger partial charge is 0.422 e. The van der Waals surface area contributed by atoms with E-state index in [1.807, 2.05) is 0 Å². The van der Waals surface area contributed by atoms with Crippen molar-refractivity contribution in [3.63, 3.8) is 0 Å². The summed E-state index contributed by atoms with van der Waals surface area (Å²) in [7, 11) is 0. The van der Waals surface area contributed by atoms with Gasteiger partial charge in [0.2, 0.25) is 0 Å². The third-order valence-corrected chi connectivity index (χ3v) is 3.44. The number of aliphatic hydroxyl groups is 1. The summed E-state index contributed by atoms with van der Waals surface area (Å²) in [6, 6.07) is 7.32. The first-order chi connectivity index (χ1) is 8.46. The van der Waals surface area contributed by atoms with Gasteiger partial charge in [0.15, 0.2) is 5.60 Å². The van der Waals surface area contributed by atoms with Crippen LogP contribution >= 0.6 is 0 Å². The smallest absolute Gasteiger partial charge is 0.376 e. The lowest BCUT2D eigenvalue weighted by Gasteiger charge is -2.38. The minimum absolute atomic E-state index is 0.0888. The molecule has 18 heavy (non-hydrogen) atoms. The van der Waals surface area contributed by atoms with Crippen molar-refractivity contribution in [3.8, 4) is 0 Å². The number of hydrogen-bond acceptors (Lipinski definition) is 1. The van der Waals surface area contributed by atoms with Gasteiger partial charge in [-0.15, -0.1) is 0 Å². The molecule has 98 valence electrons. The normalized spacial score (nSPS) is 23.7. The fourth-order valence-corrected chi connectivity index (χ4v) is 2.44. The first kappa shape index (κ1) is 13.1. The van der Waals surface area contributed by atoms with Crippen molar-refractivity contribution in [3.05, 3.63) is 48.0 Å². The molecule has 4 heteroatoms. The van der Waals surface area contributed by atoms with Crippen LogP contribution < -0.4 is 0 Å². The van der Waals surface area contributed by atoms with Crippen LogP contribution in [-0.2, 0) is 5.60 Å². The SMILES string of the molecule is OC(c1ccccc1)(C1C=CCCC1)C(F)(F)F. The van der Waals surface area contributed by atoms with Crippen LogP contribution in [0.2, 0.25) is 0 Å². The Kier molecular flexibility index (Phi) is 3.48. The van der Waals surface area contributed by atoms with Crippen LogP contribution in [-0.4, -0.2) is 11.3 Å². The fraction of sp³-hybridized carbons (Fsp3) is 0.429. The van der Waals surface area contributed by atoms with Crippen LogP contribution in [0.5, 0.6) is 0 Å². The Hall–Kier alpha value is -1.29. The number of allylic oxidation sites excluding steroid dienone is 1. The zero-order valence-corrected chi connectivity index (χ0v) is 9.82. The van der Waals surface area contributed by atoms with E-state index in [4.69, 9.17) is 0 Å². The summed E-state index contributed by atoms with van der Waals surface area (Å²) in [6.45, 7) is 0. The van der Waals surface area contributed by atoms with Crippen molar-refractivity contribution in [2.75, 3.05) is 0 Å². The highest BCUT2D eigenvalue weighted by Crippen LogP contribution is 2.47. The minimum atomic E-state index is -4.68. The highest BCUT2D eigenvalue weighted by atomic mass is 19.4. The van der Waals surface area contributed by atoms with Crippen molar-refractivity contribution in [2.45, 2.75) is 31.0 Å². The third-order valence-electron chi connectivity index (χ3n) is 3.44. The van der Waals surface area contributed by atoms with E-state index in [2.05, 4.69) is 0 Å². The van der Waals surface area contributed by atoms with Crippen molar-refractivity contribution < 1.29 is 18.3 Å². The molecule has 2 atom stereocenters. The number of benzene rings is 1. The van der Waals surface area contributed by atoms with Crippen molar-refractivity contribution in [1.82, 2.24) is 0 Å². The van der Waals surface area contributed by atoms with Gasteiger partial charge in [-0.2, -0.15) is 13.2 Å². The topological polar surface area (TPSA) is 20.2 Å². The highest BCUT2D eigenvalue weighted by molar-refractivity contribution is 5.27. The molecule has 0 saturated heterocycles. The second kappa shape index (κ2) is 4.76. The Bertz CT molecular complexity index is 424. The molecule has 2 rings (SSSR count). The summed E-state index contributed by atoms with van der Waals surface area (Å²) in [5, 5.41) is 10.3. The van der Waals surface area contributed by atoms with Crippen molar-refractivity contribution >= 4 is 0 Å². The molecule has 0 aliphatic heterocycles. The second-order valence-electron chi connectivity index (χ2n) is 4.60. The van der Waals surface area contributed by atoms with Crippen LogP contribution in [0.3, 0.4) is 0 Å². The third kappa shape index (κ3) is 2.17. The average Bonchev–Trinajstić information content (AvgIpc) is 2.38. The first-order valence-electron chi connectivity index (χ1n) is 5.97. The molecule has 0 heterocycles. The molecule has 0 aromatic heterocycles. The van der Waals surface area contributed by atoms with Crippen molar-refractivity contribution in [2.24, 2.45) is 5.92 Å². The van der Waals surface area contributed by atoms with Gasteiger partial charge in [0, 0.05) is 5.92 Å². The molecule has 0 fully saturated rings. The number of rotatable bonds is 2. The van der Waals surface area contributed by atoms with Crippen molar-refractivity contribution in [1.29, 1.82) is 0 Å². The van der Waals surface area contributed by atoms with Gasteiger partial charge in [0.25, 0.3) is 0 Å². The van der Waals surface area contributed by atoms with Gasteiger partial charge in [-0.25, -0.2) is 0 Å². The Morgan fingerprint density at radius 1 is 1.11 bits per heavy atom. The highest BCUT2D eigenvalue weighted by Gasteiger charge is 2.58. The van der Waals surface area contributed by atoms with Gasteiger partial charge in [-0.05, 0) is 24.8 Å². The molecule has 1 aromatic carbocycles. The molecule has 0 spiro atoms. The van der Waals surface area contributed by atoms with Crippen LogP contribution in [0.15, 0.2) is 42.5 Å². The molecule has 0 radical (unpaired) electrons. The van der Waals surface area contributed by atoms with E-state index < -0.39 is 17.7 Å². The van der Waals surface area contributed by atoms with Crippen LogP contribution in [0.1, 0.15) is 24.8 Å². The Morgan fingerprint density at radius 3 is 2.28 bits per heavy atom. The van der Waals surface area contributed by atoms with Gasteiger partial charge in [-0.3, -0.25) is 0 Å². The van der Waals surface area contributed by atoms with Gasteiger partial charge in [0.05, 0.1) is 0 Å². The molecule has 0 bridgehead atoms. The maximum absolute atomic E-state index is 13.3. The van der Waals surface area contributed by atoms with Gasteiger partial charge in [-0.1, -0.05) is 42.5 Å². The lowest BCUT2D eigenvalue weighted by atomic mass is 9.76. The van der Waals surface area contributed by atoms with Gasteiger partial charge >= 0.3 is 6.18 Å². The van der Waals surface area contributed by atoms with E-state index in [-0.39, 0.29) is 5.56 Å². The predicted molar refractivity (Wildman–Crippen MR) is 62.9 cm³/mol. The molecule has 1 aliphatic rings. The molecule has 1 nitrogen and oxygen atoms in total. The zero-order chi connectivity index (χ0) is 13.2. The number of halogens is 3. The summed E-state index contributed by atoms with van der Waals surface area (Å²) in [4.78, 5) is 0. The summed E-state index contributed by atoms with van der Waals surface area (Å²) >= 11 is 0. The first-order valence-corrected chi connectivity index (χ1v) is 5.97. The number of hydrogen-bond donors (Lipinski definition) is 1. The molecule has 2 unspecified atom stereocenters. The molecule has 0 saturated carbocycles. The molecule has 1 aromatic rings.